The van der Waals surface area contributed by atoms with Crippen molar-refractivity contribution in [2.24, 2.45) is 0 Å². The largest absolute Gasteiger partial charge is 0.454 e. The SMILES string of the molecule is C=C[C@@H](OC(=O)CCCCCCC)[C@@H](C=C)OC(=O)CCCCCCC. The first-order chi connectivity index (χ1) is 12.6. The highest BCUT2D eigenvalue weighted by molar-refractivity contribution is 5.71. The first-order valence-corrected chi connectivity index (χ1v) is 10.2. The van der Waals surface area contributed by atoms with Gasteiger partial charge in [0.25, 0.3) is 0 Å². The lowest BCUT2D eigenvalue weighted by Gasteiger charge is -2.22. The fourth-order valence-corrected chi connectivity index (χ4v) is 2.67. The zero-order chi connectivity index (χ0) is 19.6. The van der Waals surface area contributed by atoms with Crippen LogP contribution in [0.4, 0.5) is 0 Å². The van der Waals surface area contributed by atoms with E-state index >= 15 is 0 Å². The van der Waals surface area contributed by atoms with Crippen molar-refractivity contribution in [2.45, 2.75) is 103 Å². The summed E-state index contributed by atoms with van der Waals surface area (Å²) in [5.41, 5.74) is 0. The predicted octanol–water partition coefficient (Wildman–Crippen LogP) is 5.90. The van der Waals surface area contributed by atoms with E-state index in [2.05, 4.69) is 27.0 Å². The van der Waals surface area contributed by atoms with Crippen molar-refractivity contribution in [3.05, 3.63) is 25.3 Å². The van der Waals surface area contributed by atoms with E-state index in [1.165, 1.54) is 37.8 Å². The molecule has 0 saturated carbocycles. The van der Waals surface area contributed by atoms with E-state index in [-0.39, 0.29) is 11.9 Å². The second kappa shape index (κ2) is 16.9. The van der Waals surface area contributed by atoms with Gasteiger partial charge in [-0.05, 0) is 25.0 Å². The van der Waals surface area contributed by atoms with E-state index in [9.17, 15) is 9.59 Å². The van der Waals surface area contributed by atoms with Crippen molar-refractivity contribution in [1.29, 1.82) is 0 Å². The van der Waals surface area contributed by atoms with Crippen LogP contribution in [-0.4, -0.2) is 24.1 Å². The van der Waals surface area contributed by atoms with Crippen LogP contribution >= 0.6 is 0 Å². The third-order valence-electron chi connectivity index (χ3n) is 4.29. The molecule has 4 nitrogen and oxygen atoms in total. The van der Waals surface area contributed by atoms with Crippen molar-refractivity contribution in [1.82, 2.24) is 0 Å². The Morgan fingerprint density at radius 1 is 0.692 bits per heavy atom. The van der Waals surface area contributed by atoms with Crippen molar-refractivity contribution in [3.8, 4) is 0 Å². The highest BCUT2D eigenvalue weighted by Crippen LogP contribution is 2.13. The van der Waals surface area contributed by atoms with Crippen LogP contribution in [0.3, 0.4) is 0 Å². The number of hydrogen-bond donors (Lipinski definition) is 0. The van der Waals surface area contributed by atoms with Crippen LogP contribution in [-0.2, 0) is 19.1 Å². The van der Waals surface area contributed by atoms with Gasteiger partial charge in [-0.1, -0.05) is 78.4 Å². The minimum atomic E-state index is -0.681. The van der Waals surface area contributed by atoms with E-state index in [0.29, 0.717) is 12.8 Å². The molecule has 0 aliphatic carbocycles. The molecule has 2 atom stereocenters. The molecule has 0 saturated heterocycles. The van der Waals surface area contributed by atoms with Gasteiger partial charge in [-0.3, -0.25) is 9.59 Å². The number of esters is 2. The molecular weight excluding hydrogens is 328 g/mol. The van der Waals surface area contributed by atoms with E-state index in [4.69, 9.17) is 9.47 Å². The number of unbranched alkanes of at least 4 members (excludes halogenated alkanes) is 8. The molecule has 150 valence electrons. The molecule has 0 rings (SSSR count). The number of hydrogen-bond acceptors (Lipinski definition) is 4. The van der Waals surface area contributed by atoms with Crippen LogP contribution in [0.5, 0.6) is 0 Å². The second-order valence-electron chi connectivity index (χ2n) is 6.71. The Morgan fingerprint density at radius 2 is 1.04 bits per heavy atom. The van der Waals surface area contributed by atoms with Crippen LogP contribution in [0.15, 0.2) is 25.3 Å². The van der Waals surface area contributed by atoms with E-state index in [0.717, 1.165) is 38.5 Å². The minimum Gasteiger partial charge on any atom is -0.454 e. The quantitative estimate of drug-likeness (QED) is 0.183. The lowest BCUT2D eigenvalue weighted by atomic mass is 10.1. The van der Waals surface area contributed by atoms with Gasteiger partial charge in [-0.2, -0.15) is 0 Å². The van der Waals surface area contributed by atoms with Crippen LogP contribution in [0.25, 0.3) is 0 Å². The number of carbonyl (C=O) groups excluding carboxylic acids is 2. The van der Waals surface area contributed by atoms with Crippen molar-refractivity contribution in [3.63, 3.8) is 0 Å². The molecule has 0 aliphatic heterocycles. The Balaban J connectivity index is 4.20. The van der Waals surface area contributed by atoms with Crippen LogP contribution in [0.2, 0.25) is 0 Å². The molecule has 4 heteroatoms. The Kier molecular flexibility index (Phi) is 15.8. The molecular formula is C22H38O4. The maximum atomic E-state index is 12.0. The fourth-order valence-electron chi connectivity index (χ4n) is 2.67. The smallest absolute Gasteiger partial charge is 0.306 e. The molecule has 0 aromatic carbocycles. The van der Waals surface area contributed by atoms with Gasteiger partial charge < -0.3 is 9.47 Å². The van der Waals surface area contributed by atoms with Gasteiger partial charge in [-0.15, -0.1) is 0 Å². The van der Waals surface area contributed by atoms with E-state index in [1.807, 2.05) is 0 Å². The predicted molar refractivity (Wildman–Crippen MR) is 107 cm³/mol. The van der Waals surface area contributed by atoms with E-state index < -0.39 is 12.2 Å². The van der Waals surface area contributed by atoms with Gasteiger partial charge in [0, 0.05) is 12.8 Å². The third-order valence-corrected chi connectivity index (χ3v) is 4.29. The van der Waals surface area contributed by atoms with Crippen LogP contribution < -0.4 is 0 Å². The molecule has 0 fully saturated rings. The first kappa shape index (κ1) is 24.4. The van der Waals surface area contributed by atoms with E-state index in [1.54, 1.807) is 0 Å². The Hall–Kier alpha value is -1.58. The van der Waals surface area contributed by atoms with Gasteiger partial charge in [0.15, 0.2) is 12.2 Å². The van der Waals surface area contributed by atoms with Crippen molar-refractivity contribution in [2.75, 3.05) is 0 Å². The summed E-state index contributed by atoms with van der Waals surface area (Å²) in [4.78, 5) is 24.0. The Labute approximate surface area is 160 Å². The molecule has 0 spiro atoms. The van der Waals surface area contributed by atoms with Crippen molar-refractivity contribution < 1.29 is 19.1 Å². The average Bonchev–Trinajstić information content (AvgIpc) is 2.64. The Morgan fingerprint density at radius 3 is 1.35 bits per heavy atom. The van der Waals surface area contributed by atoms with Gasteiger partial charge >= 0.3 is 11.9 Å². The molecule has 0 heterocycles. The summed E-state index contributed by atoms with van der Waals surface area (Å²) in [5.74, 6) is -0.567. The summed E-state index contributed by atoms with van der Waals surface area (Å²) in [5, 5.41) is 0. The number of carbonyl (C=O) groups is 2. The second-order valence-corrected chi connectivity index (χ2v) is 6.71. The van der Waals surface area contributed by atoms with Gasteiger partial charge in [0.05, 0.1) is 0 Å². The summed E-state index contributed by atoms with van der Waals surface area (Å²) >= 11 is 0. The molecule has 0 aromatic rings. The normalized spacial score (nSPS) is 12.8. The molecule has 0 radical (unpaired) electrons. The molecule has 26 heavy (non-hydrogen) atoms. The third kappa shape index (κ3) is 12.7. The average molecular weight is 367 g/mol. The molecule has 0 amide bonds. The van der Waals surface area contributed by atoms with Crippen LogP contribution in [0, 0.1) is 0 Å². The maximum Gasteiger partial charge on any atom is 0.306 e. The molecule has 0 aromatic heterocycles. The maximum absolute atomic E-state index is 12.0. The Bertz CT molecular complexity index is 365. The fraction of sp³-hybridized carbons (Fsp3) is 0.727. The lowest BCUT2D eigenvalue weighted by Crippen LogP contribution is -2.32. The summed E-state index contributed by atoms with van der Waals surface area (Å²) in [6, 6.07) is 0. The summed E-state index contributed by atoms with van der Waals surface area (Å²) in [7, 11) is 0. The highest BCUT2D eigenvalue weighted by Gasteiger charge is 2.23. The first-order valence-electron chi connectivity index (χ1n) is 10.2. The number of rotatable bonds is 17. The molecule has 0 aliphatic rings. The van der Waals surface area contributed by atoms with Gasteiger partial charge in [0.2, 0.25) is 0 Å². The standard InChI is InChI=1S/C22H38O4/c1-5-9-11-13-15-17-21(23)25-19(7-3)20(8-4)26-22(24)18-16-14-12-10-6-2/h7-8,19-20H,3-6,9-18H2,1-2H3/t19-,20-/m1/s1. The minimum absolute atomic E-state index is 0.283. The molecule has 0 N–H and O–H groups in total. The topological polar surface area (TPSA) is 52.6 Å². The zero-order valence-electron chi connectivity index (χ0n) is 16.8. The summed E-state index contributed by atoms with van der Waals surface area (Å²) < 4.78 is 10.8. The molecule has 0 unspecified atom stereocenters. The highest BCUT2D eigenvalue weighted by atomic mass is 16.6. The van der Waals surface area contributed by atoms with Gasteiger partial charge in [-0.25, -0.2) is 0 Å². The number of ether oxygens (including phenoxy) is 2. The zero-order valence-corrected chi connectivity index (χ0v) is 16.8. The summed E-state index contributed by atoms with van der Waals surface area (Å²) in [6.45, 7) is 11.7. The van der Waals surface area contributed by atoms with Crippen molar-refractivity contribution >= 4 is 11.9 Å². The molecule has 0 bridgehead atoms. The monoisotopic (exact) mass is 366 g/mol. The lowest BCUT2D eigenvalue weighted by molar-refractivity contribution is -0.161. The van der Waals surface area contributed by atoms with Crippen LogP contribution in [0.1, 0.15) is 90.9 Å². The van der Waals surface area contributed by atoms with Gasteiger partial charge in [0.1, 0.15) is 0 Å². The summed E-state index contributed by atoms with van der Waals surface area (Å²) in [6.07, 6.45) is 13.1.